The van der Waals surface area contributed by atoms with Crippen LogP contribution in [0.1, 0.15) is 38.8 Å². The standard InChI is InChI=1S/C35H37Cl2N3O5S/c1-24-14-20-29(21-15-24)46(43,44)40(26-16-18-28(19-17-26)45-27-10-7-6-8-11-27)23-33(41)39(25(2)34(42)38-35(3,4)5)22-30-31(36)12-9-13-32(30)37/h6-21,25H,22-23H2,1-5H3,(H,38,42)/t25-/m0/s1. The van der Waals surface area contributed by atoms with Crippen molar-refractivity contribution in [2.45, 2.75) is 57.6 Å². The first-order valence-electron chi connectivity index (χ1n) is 14.6. The highest BCUT2D eigenvalue weighted by atomic mass is 35.5. The molecule has 0 heterocycles. The van der Waals surface area contributed by atoms with Gasteiger partial charge in [-0.1, -0.05) is 65.2 Å². The lowest BCUT2D eigenvalue weighted by molar-refractivity contribution is -0.140. The van der Waals surface area contributed by atoms with Gasteiger partial charge in [-0.05, 0) is 95.3 Å². The third-order valence-electron chi connectivity index (χ3n) is 7.05. The van der Waals surface area contributed by atoms with Gasteiger partial charge in [-0.15, -0.1) is 0 Å². The molecule has 2 amide bonds. The first kappa shape index (κ1) is 34.8. The van der Waals surface area contributed by atoms with Crippen molar-refractivity contribution in [2.75, 3.05) is 10.8 Å². The Labute approximate surface area is 280 Å². The smallest absolute Gasteiger partial charge is 0.264 e. The van der Waals surface area contributed by atoms with Crippen molar-refractivity contribution >= 4 is 50.7 Å². The van der Waals surface area contributed by atoms with Crippen molar-refractivity contribution < 1.29 is 22.7 Å². The second kappa shape index (κ2) is 14.6. The van der Waals surface area contributed by atoms with Crippen molar-refractivity contribution in [2.24, 2.45) is 0 Å². The number of nitrogens with zero attached hydrogens (tertiary/aromatic N) is 2. The molecule has 46 heavy (non-hydrogen) atoms. The number of aryl methyl sites for hydroxylation is 1. The van der Waals surface area contributed by atoms with Gasteiger partial charge < -0.3 is 15.0 Å². The minimum absolute atomic E-state index is 0.00901. The number of nitrogens with one attached hydrogen (secondary N) is 1. The molecule has 0 aromatic heterocycles. The van der Waals surface area contributed by atoms with Gasteiger partial charge in [0.2, 0.25) is 11.8 Å². The number of hydrogen-bond acceptors (Lipinski definition) is 5. The van der Waals surface area contributed by atoms with Crippen LogP contribution in [0.25, 0.3) is 0 Å². The topological polar surface area (TPSA) is 96.0 Å². The van der Waals surface area contributed by atoms with Crippen molar-refractivity contribution in [3.8, 4) is 11.5 Å². The van der Waals surface area contributed by atoms with Gasteiger partial charge >= 0.3 is 0 Å². The molecule has 0 aliphatic rings. The Morgan fingerprint density at radius 2 is 1.39 bits per heavy atom. The summed E-state index contributed by atoms with van der Waals surface area (Å²) >= 11 is 12.9. The normalized spacial score (nSPS) is 12.2. The van der Waals surface area contributed by atoms with Crippen LogP contribution in [-0.2, 0) is 26.2 Å². The predicted molar refractivity (Wildman–Crippen MR) is 183 cm³/mol. The number of amides is 2. The zero-order valence-corrected chi connectivity index (χ0v) is 28.7. The van der Waals surface area contributed by atoms with Gasteiger partial charge in [-0.3, -0.25) is 13.9 Å². The highest BCUT2D eigenvalue weighted by Crippen LogP contribution is 2.30. The molecule has 4 aromatic carbocycles. The second-order valence-electron chi connectivity index (χ2n) is 11.9. The quantitative estimate of drug-likeness (QED) is 0.176. The first-order valence-corrected chi connectivity index (χ1v) is 16.8. The van der Waals surface area contributed by atoms with Crippen LogP contribution in [0.2, 0.25) is 10.0 Å². The average molecular weight is 683 g/mol. The molecule has 0 aliphatic carbocycles. The molecule has 0 saturated heterocycles. The van der Waals surface area contributed by atoms with E-state index in [2.05, 4.69) is 5.32 Å². The predicted octanol–water partition coefficient (Wildman–Crippen LogP) is 7.62. The fourth-order valence-corrected chi connectivity index (χ4v) is 6.51. The van der Waals surface area contributed by atoms with Crippen LogP contribution in [0.4, 0.5) is 5.69 Å². The van der Waals surface area contributed by atoms with E-state index in [1.54, 1.807) is 73.7 Å². The maximum absolute atomic E-state index is 14.2. The maximum atomic E-state index is 14.2. The van der Waals surface area contributed by atoms with Gasteiger partial charge in [-0.2, -0.15) is 0 Å². The minimum atomic E-state index is -4.24. The maximum Gasteiger partial charge on any atom is 0.264 e. The van der Waals surface area contributed by atoms with Gasteiger partial charge in [0.25, 0.3) is 10.0 Å². The highest BCUT2D eigenvalue weighted by Gasteiger charge is 2.34. The summed E-state index contributed by atoms with van der Waals surface area (Å²) < 4.78 is 35.2. The highest BCUT2D eigenvalue weighted by molar-refractivity contribution is 7.92. The van der Waals surface area contributed by atoms with E-state index in [1.807, 2.05) is 45.9 Å². The zero-order valence-electron chi connectivity index (χ0n) is 26.3. The summed E-state index contributed by atoms with van der Waals surface area (Å²) in [5, 5.41) is 3.52. The lowest BCUT2D eigenvalue weighted by Crippen LogP contribution is -2.54. The molecule has 0 radical (unpaired) electrons. The number of benzene rings is 4. The Bertz CT molecular complexity index is 1760. The number of rotatable bonds is 11. The van der Waals surface area contributed by atoms with Crippen LogP contribution in [0.5, 0.6) is 11.5 Å². The van der Waals surface area contributed by atoms with Gasteiger partial charge in [0.05, 0.1) is 10.6 Å². The molecule has 0 saturated carbocycles. The molecule has 242 valence electrons. The molecular weight excluding hydrogens is 645 g/mol. The Kier molecular flexibility index (Phi) is 11.0. The van der Waals surface area contributed by atoms with Crippen LogP contribution in [-0.4, -0.2) is 43.3 Å². The molecule has 4 rings (SSSR count). The number of carbonyl (C=O) groups excluding carboxylic acids is 2. The van der Waals surface area contributed by atoms with Crippen molar-refractivity contribution in [1.82, 2.24) is 10.2 Å². The monoisotopic (exact) mass is 681 g/mol. The van der Waals surface area contributed by atoms with Crippen LogP contribution in [0.15, 0.2) is 102 Å². The zero-order chi connectivity index (χ0) is 33.6. The lowest BCUT2D eigenvalue weighted by Gasteiger charge is -2.34. The fraction of sp³-hybridized carbons (Fsp3) is 0.257. The molecule has 0 unspecified atom stereocenters. The molecule has 0 bridgehead atoms. The minimum Gasteiger partial charge on any atom is -0.457 e. The van der Waals surface area contributed by atoms with Crippen molar-refractivity contribution in [3.63, 3.8) is 0 Å². The molecule has 4 aromatic rings. The van der Waals surface area contributed by atoms with Gasteiger partial charge in [0.1, 0.15) is 24.1 Å². The molecule has 11 heteroatoms. The molecule has 1 atom stereocenters. The molecule has 1 N–H and O–H groups in total. The number of carbonyl (C=O) groups is 2. The SMILES string of the molecule is Cc1ccc(S(=O)(=O)N(CC(=O)N(Cc2c(Cl)cccc2Cl)[C@@H](C)C(=O)NC(C)(C)C)c2ccc(Oc3ccccc3)cc2)cc1. The first-order chi connectivity index (χ1) is 21.7. The van der Waals surface area contributed by atoms with Crippen molar-refractivity contribution in [1.29, 1.82) is 0 Å². The number of para-hydroxylation sites is 1. The Morgan fingerprint density at radius 3 is 1.96 bits per heavy atom. The second-order valence-corrected chi connectivity index (χ2v) is 14.5. The summed E-state index contributed by atoms with van der Waals surface area (Å²) in [5.74, 6) is 0.0506. The summed E-state index contributed by atoms with van der Waals surface area (Å²) in [5.41, 5.74) is 0.971. The average Bonchev–Trinajstić information content (AvgIpc) is 2.99. The van der Waals surface area contributed by atoms with Gasteiger partial charge in [0.15, 0.2) is 0 Å². The van der Waals surface area contributed by atoms with Gasteiger partial charge in [-0.25, -0.2) is 8.42 Å². The number of sulfonamides is 1. The van der Waals surface area contributed by atoms with E-state index < -0.39 is 40.0 Å². The van der Waals surface area contributed by atoms with Crippen LogP contribution in [0, 0.1) is 6.92 Å². The number of hydrogen-bond donors (Lipinski definition) is 1. The van der Waals surface area contributed by atoms with E-state index in [9.17, 15) is 18.0 Å². The fourth-order valence-electron chi connectivity index (χ4n) is 4.58. The van der Waals surface area contributed by atoms with Crippen LogP contribution in [0.3, 0.4) is 0 Å². The van der Waals surface area contributed by atoms with Crippen molar-refractivity contribution in [3.05, 3.63) is 118 Å². The number of ether oxygens (including phenoxy) is 1. The third kappa shape index (κ3) is 8.81. The van der Waals surface area contributed by atoms with E-state index >= 15 is 0 Å². The van der Waals surface area contributed by atoms with E-state index in [0.717, 1.165) is 9.87 Å². The van der Waals surface area contributed by atoms with E-state index in [4.69, 9.17) is 27.9 Å². The van der Waals surface area contributed by atoms with Crippen LogP contribution >= 0.6 is 23.2 Å². The number of anilines is 1. The molecule has 0 aliphatic heterocycles. The largest absolute Gasteiger partial charge is 0.457 e. The van der Waals surface area contributed by atoms with Crippen LogP contribution < -0.4 is 14.4 Å². The summed E-state index contributed by atoms with van der Waals surface area (Å²) in [6.07, 6.45) is 0. The number of halogens is 2. The van der Waals surface area contributed by atoms with E-state index in [0.29, 0.717) is 27.1 Å². The van der Waals surface area contributed by atoms with E-state index in [1.165, 1.54) is 17.0 Å². The Balaban J connectivity index is 1.74. The summed E-state index contributed by atoms with van der Waals surface area (Å²) in [6, 6.07) is 25.9. The van der Waals surface area contributed by atoms with Gasteiger partial charge in [0, 0.05) is 27.7 Å². The third-order valence-corrected chi connectivity index (χ3v) is 9.54. The van der Waals surface area contributed by atoms with E-state index in [-0.39, 0.29) is 17.1 Å². The molecule has 0 fully saturated rings. The Hall–Kier alpha value is -4.05. The summed E-state index contributed by atoms with van der Waals surface area (Å²) in [4.78, 5) is 28.9. The molecule has 0 spiro atoms. The molecule has 8 nitrogen and oxygen atoms in total. The lowest BCUT2D eigenvalue weighted by atomic mass is 10.1. The summed E-state index contributed by atoms with van der Waals surface area (Å²) in [6.45, 7) is 8.19. The molecular formula is C35H37Cl2N3O5S. The summed E-state index contributed by atoms with van der Waals surface area (Å²) in [7, 11) is -4.24. The Morgan fingerprint density at radius 1 is 0.826 bits per heavy atom.